The van der Waals surface area contributed by atoms with Gasteiger partial charge in [-0.25, -0.2) is 0 Å². The lowest BCUT2D eigenvalue weighted by molar-refractivity contribution is -0.137. The molecule has 0 spiro atoms. The Bertz CT molecular complexity index is 675. The van der Waals surface area contributed by atoms with Crippen LogP contribution in [0.2, 0.25) is 0 Å². The highest BCUT2D eigenvalue weighted by Gasteiger charge is 2.19. The molecule has 0 amide bonds. The van der Waals surface area contributed by atoms with E-state index < -0.39 is 5.97 Å². The number of aryl methyl sites for hydroxylation is 1. The molecular weight excluding hydrogens is 308 g/mol. The molecule has 2 heterocycles. The van der Waals surface area contributed by atoms with Crippen molar-refractivity contribution < 1.29 is 14.4 Å². The van der Waals surface area contributed by atoms with Crippen LogP contribution in [-0.4, -0.2) is 63.7 Å². The lowest BCUT2D eigenvalue weighted by Gasteiger charge is -2.33. The van der Waals surface area contributed by atoms with E-state index in [0.29, 0.717) is 24.8 Å². The van der Waals surface area contributed by atoms with Crippen molar-refractivity contribution in [1.82, 2.24) is 19.9 Å². The van der Waals surface area contributed by atoms with E-state index in [9.17, 15) is 4.79 Å². The number of hydrogen-bond acceptors (Lipinski definition) is 6. The third kappa shape index (κ3) is 4.39. The quantitative estimate of drug-likeness (QED) is 0.862. The zero-order valence-corrected chi connectivity index (χ0v) is 13.8. The number of aliphatic carboxylic acids is 1. The molecule has 7 nitrogen and oxygen atoms in total. The number of carbonyl (C=O) groups is 1. The zero-order chi connectivity index (χ0) is 16.9. The predicted molar refractivity (Wildman–Crippen MR) is 88.4 cm³/mol. The minimum absolute atomic E-state index is 0.198. The molecule has 0 aliphatic carbocycles. The van der Waals surface area contributed by atoms with Crippen molar-refractivity contribution >= 4 is 5.97 Å². The van der Waals surface area contributed by atoms with Gasteiger partial charge in [-0.05, 0) is 6.92 Å². The zero-order valence-electron chi connectivity index (χ0n) is 13.8. The Kier molecular flexibility index (Phi) is 5.22. The lowest BCUT2D eigenvalue weighted by atomic mass is 10.1. The standard InChI is InChI=1S/C17H22N4O3/c1-13-2-4-14(5-3-13)17-18-15(24-19-17)12-21-10-8-20(9-11-21)7-6-16(22)23/h2-5H,6-12H2,1H3,(H,22,23). The van der Waals surface area contributed by atoms with E-state index in [1.165, 1.54) is 5.56 Å². The minimum Gasteiger partial charge on any atom is -0.481 e. The fourth-order valence-electron chi connectivity index (χ4n) is 2.76. The van der Waals surface area contributed by atoms with Crippen LogP contribution in [0.1, 0.15) is 17.9 Å². The molecule has 0 bridgehead atoms. The molecule has 1 aromatic carbocycles. The first-order valence-corrected chi connectivity index (χ1v) is 8.16. The molecule has 1 fully saturated rings. The fraction of sp³-hybridized carbons (Fsp3) is 0.471. The molecule has 3 rings (SSSR count). The number of rotatable bonds is 6. The Morgan fingerprint density at radius 2 is 1.83 bits per heavy atom. The van der Waals surface area contributed by atoms with Crippen LogP contribution in [0.4, 0.5) is 0 Å². The first-order valence-electron chi connectivity index (χ1n) is 8.16. The van der Waals surface area contributed by atoms with E-state index in [1.807, 2.05) is 31.2 Å². The monoisotopic (exact) mass is 330 g/mol. The van der Waals surface area contributed by atoms with E-state index in [0.717, 1.165) is 31.7 Å². The second-order valence-corrected chi connectivity index (χ2v) is 6.14. The van der Waals surface area contributed by atoms with E-state index >= 15 is 0 Å². The van der Waals surface area contributed by atoms with Gasteiger partial charge in [-0.15, -0.1) is 0 Å². The molecule has 7 heteroatoms. The van der Waals surface area contributed by atoms with Gasteiger partial charge in [0.25, 0.3) is 0 Å². The predicted octanol–water partition coefficient (Wildman–Crippen LogP) is 1.64. The summed E-state index contributed by atoms with van der Waals surface area (Å²) in [4.78, 5) is 19.5. The lowest BCUT2D eigenvalue weighted by Crippen LogP contribution is -2.46. The average molecular weight is 330 g/mol. The maximum Gasteiger partial charge on any atom is 0.304 e. The van der Waals surface area contributed by atoms with Gasteiger partial charge in [0.1, 0.15) is 0 Å². The van der Waals surface area contributed by atoms with Gasteiger partial charge in [0.15, 0.2) is 0 Å². The molecule has 0 saturated carbocycles. The van der Waals surface area contributed by atoms with E-state index in [1.54, 1.807) is 0 Å². The second kappa shape index (κ2) is 7.55. The summed E-state index contributed by atoms with van der Waals surface area (Å²) in [6, 6.07) is 8.04. The minimum atomic E-state index is -0.744. The van der Waals surface area contributed by atoms with Gasteiger partial charge in [0.05, 0.1) is 13.0 Å². The molecule has 1 aromatic heterocycles. The van der Waals surface area contributed by atoms with Crippen molar-refractivity contribution in [2.75, 3.05) is 32.7 Å². The van der Waals surface area contributed by atoms with Crippen LogP contribution in [0.25, 0.3) is 11.4 Å². The summed E-state index contributed by atoms with van der Waals surface area (Å²) in [5, 5.41) is 12.8. The molecular formula is C17H22N4O3. The van der Waals surface area contributed by atoms with Crippen LogP contribution >= 0.6 is 0 Å². The summed E-state index contributed by atoms with van der Waals surface area (Å²) >= 11 is 0. The smallest absolute Gasteiger partial charge is 0.304 e. The van der Waals surface area contributed by atoms with E-state index in [2.05, 4.69) is 19.9 Å². The largest absolute Gasteiger partial charge is 0.481 e. The molecule has 1 saturated heterocycles. The highest BCUT2D eigenvalue weighted by molar-refractivity contribution is 5.66. The number of hydrogen-bond donors (Lipinski definition) is 1. The summed E-state index contributed by atoms with van der Waals surface area (Å²) in [6.07, 6.45) is 0.198. The van der Waals surface area contributed by atoms with Crippen LogP contribution in [0.15, 0.2) is 28.8 Å². The van der Waals surface area contributed by atoms with Crippen molar-refractivity contribution in [3.8, 4) is 11.4 Å². The van der Waals surface area contributed by atoms with Crippen LogP contribution in [0, 0.1) is 6.92 Å². The Morgan fingerprint density at radius 1 is 1.17 bits per heavy atom. The molecule has 1 aliphatic rings. The highest BCUT2D eigenvalue weighted by Crippen LogP contribution is 2.17. The van der Waals surface area contributed by atoms with Gasteiger partial charge in [0.2, 0.25) is 11.7 Å². The second-order valence-electron chi connectivity index (χ2n) is 6.14. The molecule has 0 radical (unpaired) electrons. The maximum absolute atomic E-state index is 10.6. The molecule has 24 heavy (non-hydrogen) atoms. The normalized spacial score (nSPS) is 16.4. The SMILES string of the molecule is Cc1ccc(-c2noc(CN3CCN(CCC(=O)O)CC3)n2)cc1. The summed E-state index contributed by atoms with van der Waals surface area (Å²) < 4.78 is 5.36. The molecule has 1 N–H and O–H groups in total. The Labute approximate surface area is 140 Å². The Hall–Kier alpha value is -2.25. The number of nitrogens with zero attached hydrogens (tertiary/aromatic N) is 4. The van der Waals surface area contributed by atoms with Crippen LogP contribution in [0.5, 0.6) is 0 Å². The van der Waals surface area contributed by atoms with Gasteiger partial charge in [0, 0.05) is 38.3 Å². The first kappa shape index (κ1) is 16.6. The maximum atomic E-state index is 10.6. The highest BCUT2D eigenvalue weighted by atomic mass is 16.5. The van der Waals surface area contributed by atoms with Crippen molar-refractivity contribution in [3.63, 3.8) is 0 Å². The first-order chi connectivity index (χ1) is 11.6. The van der Waals surface area contributed by atoms with Crippen LogP contribution < -0.4 is 0 Å². The third-order valence-electron chi connectivity index (χ3n) is 4.24. The number of aromatic nitrogens is 2. The van der Waals surface area contributed by atoms with Crippen molar-refractivity contribution in [3.05, 3.63) is 35.7 Å². The van der Waals surface area contributed by atoms with Gasteiger partial charge >= 0.3 is 5.97 Å². The number of carboxylic acids is 1. The molecule has 2 aromatic rings. The molecule has 128 valence electrons. The van der Waals surface area contributed by atoms with Gasteiger partial charge in [-0.1, -0.05) is 35.0 Å². The van der Waals surface area contributed by atoms with Crippen molar-refractivity contribution in [1.29, 1.82) is 0 Å². The van der Waals surface area contributed by atoms with Gasteiger partial charge in [-0.2, -0.15) is 4.98 Å². The van der Waals surface area contributed by atoms with Crippen LogP contribution in [-0.2, 0) is 11.3 Å². The van der Waals surface area contributed by atoms with Crippen LogP contribution in [0.3, 0.4) is 0 Å². The summed E-state index contributed by atoms with van der Waals surface area (Å²) in [5.74, 6) is 0.488. The Balaban J connectivity index is 1.51. The van der Waals surface area contributed by atoms with Gasteiger partial charge < -0.3 is 14.5 Å². The number of piperazine rings is 1. The summed E-state index contributed by atoms with van der Waals surface area (Å²) in [6.45, 7) is 6.77. The summed E-state index contributed by atoms with van der Waals surface area (Å²) in [7, 11) is 0. The molecule has 0 unspecified atom stereocenters. The molecule has 0 atom stereocenters. The number of carboxylic acid groups (broad SMARTS) is 1. The third-order valence-corrected chi connectivity index (χ3v) is 4.24. The van der Waals surface area contributed by atoms with E-state index in [-0.39, 0.29) is 6.42 Å². The average Bonchev–Trinajstić information content (AvgIpc) is 3.03. The van der Waals surface area contributed by atoms with Crippen molar-refractivity contribution in [2.24, 2.45) is 0 Å². The molecule has 1 aliphatic heterocycles. The number of benzene rings is 1. The summed E-state index contributed by atoms with van der Waals surface area (Å²) in [5.41, 5.74) is 2.15. The van der Waals surface area contributed by atoms with Gasteiger partial charge in [-0.3, -0.25) is 9.69 Å². The fourth-order valence-corrected chi connectivity index (χ4v) is 2.76. The Morgan fingerprint density at radius 3 is 2.50 bits per heavy atom. The van der Waals surface area contributed by atoms with E-state index in [4.69, 9.17) is 9.63 Å². The van der Waals surface area contributed by atoms with Crippen molar-refractivity contribution in [2.45, 2.75) is 19.9 Å². The topological polar surface area (TPSA) is 82.7 Å².